The van der Waals surface area contributed by atoms with Crippen LogP contribution in [0.15, 0.2) is 32.3 Å². The second kappa shape index (κ2) is 9.01. The highest BCUT2D eigenvalue weighted by Crippen LogP contribution is 2.21. The molecule has 0 amide bonds. The van der Waals surface area contributed by atoms with Crippen LogP contribution in [0.25, 0.3) is 0 Å². The fourth-order valence-electron chi connectivity index (χ4n) is 3.18. The first-order chi connectivity index (χ1) is 13.4. The summed E-state index contributed by atoms with van der Waals surface area (Å²) >= 11 is 1.51. The summed E-state index contributed by atoms with van der Waals surface area (Å²) in [5.41, 5.74) is -1.44. The fourth-order valence-corrected chi connectivity index (χ4v) is 5.34. The summed E-state index contributed by atoms with van der Waals surface area (Å²) in [6.07, 6.45) is 6.72. The third kappa shape index (κ3) is 4.53. The number of hydrogen-bond donors (Lipinski definition) is 1. The van der Waals surface area contributed by atoms with Gasteiger partial charge in [-0.25, -0.2) is 18.2 Å². The molecule has 1 fully saturated rings. The Balaban J connectivity index is 1.76. The predicted molar refractivity (Wildman–Crippen MR) is 109 cm³/mol. The van der Waals surface area contributed by atoms with Gasteiger partial charge in [-0.3, -0.25) is 14.3 Å². The lowest BCUT2D eigenvalue weighted by Crippen LogP contribution is -2.50. The van der Waals surface area contributed by atoms with Gasteiger partial charge in [0.2, 0.25) is 10.0 Å². The van der Waals surface area contributed by atoms with Crippen molar-refractivity contribution in [2.24, 2.45) is 0 Å². The second-order valence-electron chi connectivity index (χ2n) is 6.71. The van der Waals surface area contributed by atoms with Gasteiger partial charge in [0.15, 0.2) is 10.0 Å². The van der Waals surface area contributed by atoms with E-state index >= 15 is 0 Å². The Hall–Kier alpha value is -1.98. The summed E-state index contributed by atoms with van der Waals surface area (Å²) in [5, 5.41) is 2.73. The van der Waals surface area contributed by atoms with Gasteiger partial charge in [0.1, 0.15) is 0 Å². The highest BCUT2D eigenvalue weighted by atomic mass is 32.2. The molecule has 1 N–H and O–H groups in total. The first-order valence-corrected chi connectivity index (χ1v) is 11.7. The van der Waals surface area contributed by atoms with Crippen LogP contribution in [0.2, 0.25) is 0 Å². The lowest BCUT2D eigenvalue weighted by molar-refractivity contribution is 0.383. The number of aromatic amines is 1. The van der Waals surface area contributed by atoms with Crippen molar-refractivity contribution in [3.63, 3.8) is 0 Å². The number of rotatable bonds is 8. The molecule has 0 radical (unpaired) electrons. The van der Waals surface area contributed by atoms with Crippen molar-refractivity contribution in [2.75, 3.05) is 31.1 Å². The summed E-state index contributed by atoms with van der Waals surface area (Å²) in [6, 6.07) is 0. The number of nitrogens with one attached hydrogen (secondary N) is 1. The van der Waals surface area contributed by atoms with E-state index in [1.165, 1.54) is 26.4 Å². The average molecular weight is 428 g/mol. The number of thiazole rings is 1. The number of H-pyrrole nitrogens is 1. The van der Waals surface area contributed by atoms with E-state index in [9.17, 15) is 18.0 Å². The minimum Gasteiger partial charge on any atom is -0.345 e. The van der Waals surface area contributed by atoms with Gasteiger partial charge >= 0.3 is 5.69 Å². The Kier molecular flexibility index (Phi) is 6.68. The molecule has 0 unspecified atom stereocenters. The van der Waals surface area contributed by atoms with E-state index in [4.69, 9.17) is 0 Å². The molecule has 0 aliphatic carbocycles. The van der Waals surface area contributed by atoms with Crippen LogP contribution in [0, 0.1) is 0 Å². The SMILES string of the molecule is CCCCCCn1cc(S(=O)(=O)N2CCN(c3nccs3)CC2)c(=O)[nH]c1=O. The van der Waals surface area contributed by atoms with Crippen LogP contribution in [0.4, 0.5) is 5.13 Å². The molecule has 2 aromatic heterocycles. The first kappa shape index (κ1) is 20.7. The van der Waals surface area contributed by atoms with Crippen LogP contribution in [-0.2, 0) is 16.6 Å². The first-order valence-electron chi connectivity index (χ1n) is 9.42. The van der Waals surface area contributed by atoms with Crippen LogP contribution in [0.3, 0.4) is 0 Å². The zero-order chi connectivity index (χ0) is 20.1. The van der Waals surface area contributed by atoms with Gasteiger partial charge in [0, 0.05) is 50.5 Å². The van der Waals surface area contributed by atoms with E-state index in [-0.39, 0.29) is 18.0 Å². The highest BCUT2D eigenvalue weighted by molar-refractivity contribution is 7.89. The monoisotopic (exact) mass is 427 g/mol. The Morgan fingerprint density at radius 3 is 2.54 bits per heavy atom. The molecule has 3 heterocycles. The maximum absolute atomic E-state index is 13.0. The molecule has 1 aliphatic heterocycles. The lowest BCUT2D eigenvalue weighted by atomic mass is 10.2. The third-order valence-corrected chi connectivity index (χ3v) is 7.50. The Labute approximate surface area is 167 Å². The third-order valence-electron chi connectivity index (χ3n) is 4.78. The quantitative estimate of drug-likeness (QED) is 0.632. The molecule has 0 atom stereocenters. The number of sulfonamides is 1. The van der Waals surface area contributed by atoms with Crippen LogP contribution in [-0.4, -0.2) is 53.4 Å². The minimum atomic E-state index is -3.97. The molecule has 0 spiro atoms. The Morgan fingerprint density at radius 2 is 1.89 bits per heavy atom. The summed E-state index contributed by atoms with van der Waals surface area (Å²) in [5.74, 6) is 0. The van der Waals surface area contributed by atoms with Gasteiger partial charge in [0.05, 0.1) is 0 Å². The molecule has 3 rings (SSSR count). The maximum atomic E-state index is 13.0. The standard InChI is InChI=1S/C17H25N5O4S2/c1-2-3-4-5-7-21-13-14(15(23)19-16(21)24)28(25,26)22-10-8-20(9-11-22)17-18-6-12-27-17/h6,12-13H,2-5,7-11H2,1H3,(H,19,23,24). The summed E-state index contributed by atoms with van der Waals surface area (Å²) in [4.78, 5) is 32.3. The number of aryl methyl sites for hydroxylation is 1. The predicted octanol–water partition coefficient (Wildman–Crippen LogP) is 1.08. The van der Waals surface area contributed by atoms with Crippen LogP contribution < -0.4 is 16.1 Å². The highest BCUT2D eigenvalue weighted by Gasteiger charge is 2.31. The molecule has 11 heteroatoms. The van der Waals surface area contributed by atoms with Gasteiger partial charge in [-0.1, -0.05) is 26.2 Å². The zero-order valence-corrected chi connectivity index (χ0v) is 17.5. The molecule has 9 nitrogen and oxygen atoms in total. The average Bonchev–Trinajstić information content (AvgIpc) is 3.21. The topological polar surface area (TPSA) is 108 Å². The lowest BCUT2D eigenvalue weighted by Gasteiger charge is -2.33. The van der Waals surface area contributed by atoms with E-state index in [0.29, 0.717) is 19.6 Å². The summed E-state index contributed by atoms with van der Waals surface area (Å²) < 4.78 is 28.6. The number of anilines is 1. The molecular weight excluding hydrogens is 402 g/mol. The largest absolute Gasteiger partial charge is 0.345 e. The molecule has 0 bridgehead atoms. The van der Waals surface area contributed by atoms with Gasteiger partial charge in [-0.2, -0.15) is 4.31 Å². The van der Waals surface area contributed by atoms with Crippen LogP contribution >= 0.6 is 11.3 Å². The molecule has 0 saturated carbocycles. The van der Waals surface area contributed by atoms with Gasteiger partial charge in [-0.05, 0) is 6.42 Å². The molecule has 28 heavy (non-hydrogen) atoms. The molecule has 2 aromatic rings. The van der Waals surface area contributed by atoms with E-state index in [1.54, 1.807) is 6.20 Å². The van der Waals surface area contributed by atoms with Crippen molar-refractivity contribution in [3.8, 4) is 0 Å². The number of unbranched alkanes of at least 4 members (excludes halogenated alkanes) is 3. The second-order valence-corrected chi connectivity index (χ2v) is 9.49. The zero-order valence-electron chi connectivity index (χ0n) is 15.8. The van der Waals surface area contributed by atoms with Gasteiger partial charge < -0.3 is 4.90 Å². The van der Waals surface area contributed by atoms with Gasteiger partial charge in [-0.15, -0.1) is 11.3 Å². The van der Waals surface area contributed by atoms with Crippen molar-refractivity contribution >= 4 is 26.5 Å². The van der Waals surface area contributed by atoms with Crippen molar-refractivity contribution in [1.82, 2.24) is 18.8 Å². The minimum absolute atomic E-state index is 0.261. The molecule has 0 aromatic carbocycles. The Bertz CT molecular complexity index is 989. The van der Waals surface area contributed by atoms with E-state index in [2.05, 4.69) is 16.9 Å². The van der Waals surface area contributed by atoms with Crippen LogP contribution in [0.1, 0.15) is 32.6 Å². The molecular formula is C17H25N5O4S2. The van der Waals surface area contributed by atoms with Crippen molar-refractivity contribution in [3.05, 3.63) is 38.6 Å². The Morgan fingerprint density at radius 1 is 1.14 bits per heavy atom. The molecule has 1 aliphatic rings. The van der Waals surface area contributed by atoms with E-state index < -0.39 is 21.3 Å². The van der Waals surface area contributed by atoms with Gasteiger partial charge in [0.25, 0.3) is 5.56 Å². The van der Waals surface area contributed by atoms with E-state index in [1.807, 2.05) is 10.3 Å². The fraction of sp³-hybridized carbons (Fsp3) is 0.588. The number of hydrogen-bond acceptors (Lipinski definition) is 7. The number of piperazine rings is 1. The summed E-state index contributed by atoms with van der Waals surface area (Å²) in [7, 11) is -3.97. The molecule has 1 saturated heterocycles. The number of aromatic nitrogens is 3. The van der Waals surface area contributed by atoms with E-state index in [0.717, 1.165) is 30.8 Å². The van der Waals surface area contributed by atoms with Crippen LogP contribution in [0.5, 0.6) is 0 Å². The normalized spacial score (nSPS) is 15.8. The maximum Gasteiger partial charge on any atom is 0.328 e. The summed E-state index contributed by atoms with van der Waals surface area (Å²) in [6.45, 7) is 4.00. The van der Waals surface area contributed by atoms with Crippen molar-refractivity contribution < 1.29 is 8.42 Å². The number of nitrogens with zero attached hydrogens (tertiary/aromatic N) is 4. The van der Waals surface area contributed by atoms with Crippen molar-refractivity contribution in [2.45, 2.75) is 44.0 Å². The smallest absolute Gasteiger partial charge is 0.328 e. The molecule has 154 valence electrons. The van der Waals surface area contributed by atoms with Crippen molar-refractivity contribution in [1.29, 1.82) is 0 Å².